The molecule has 0 saturated heterocycles. The maximum atomic E-state index is 12.6. The normalized spacial score (nSPS) is 11.2. The number of benzene rings is 1. The summed E-state index contributed by atoms with van der Waals surface area (Å²) >= 11 is 1.43. The van der Waals surface area contributed by atoms with Crippen molar-refractivity contribution in [2.45, 2.75) is 40.0 Å². The minimum Gasteiger partial charge on any atom is -0.302 e. The number of rotatable bonds is 6. The first-order valence-electron chi connectivity index (χ1n) is 9.88. The molecule has 154 valence electrons. The first kappa shape index (κ1) is 20.0. The highest BCUT2D eigenvalue weighted by Gasteiger charge is 2.17. The molecule has 0 aliphatic carbocycles. The van der Waals surface area contributed by atoms with Gasteiger partial charge in [-0.15, -0.1) is 11.3 Å². The third-order valence-corrected chi connectivity index (χ3v) is 5.88. The van der Waals surface area contributed by atoms with Crippen molar-refractivity contribution < 1.29 is 4.79 Å². The van der Waals surface area contributed by atoms with Crippen LogP contribution < -0.4 is 10.9 Å². The van der Waals surface area contributed by atoms with Crippen LogP contribution in [0.2, 0.25) is 0 Å². The van der Waals surface area contributed by atoms with E-state index in [1.54, 1.807) is 19.2 Å². The van der Waals surface area contributed by atoms with E-state index in [1.165, 1.54) is 21.4 Å². The number of carbonyl (C=O) groups is 1. The molecule has 0 aliphatic rings. The van der Waals surface area contributed by atoms with E-state index in [-0.39, 0.29) is 17.9 Å². The second-order valence-electron chi connectivity index (χ2n) is 7.23. The van der Waals surface area contributed by atoms with Crippen LogP contribution in [-0.2, 0) is 17.6 Å². The van der Waals surface area contributed by atoms with Crippen LogP contribution in [-0.4, -0.2) is 25.5 Å². The lowest BCUT2D eigenvalue weighted by atomic mass is 10.1. The summed E-state index contributed by atoms with van der Waals surface area (Å²) in [4.78, 5) is 35.2. The molecule has 0 fully saturated rings. The number of hydrogen-bond donors (Lipinski definition) is 2. The van der Waals surface area contributed by atoms with Gasteiger partial charge in [-0.05, 0) is 25.8 Å². The highest BCUT2D eigenvalue weighted by atomic mass is 32.1. The second-order valence-corrected chi connectivity index (χ2v) is 8.44. The molecule has 0 unspecified atom stereocenters. The third-order valence-electron chi connectivity index (χ3n) is 4.99. The number of amides is 1. The number of nitrogens with zero attached hydrogens (tertiary/aromatic N) is 3. The summed E-state index contributed by atoms with van der Waals surface area (Å²) in [5.41, 5.74) is 4.39. The summed E-state index contributed by atoms with van der Waals surface area (Å²) in [6, 6.07) is 10.1. The van der Waals surface area contributed by atoms with Crippen LogP contribution in [0, 0.1) is 13.8 Å². The number of aromatic nitrogens is 4. The molecule has 1 aromatic carbocycles. The molecule has 4 aromatic rings. The van der Waals surface area contributed by atoms with Crippen molar-refractivity contribution in [3.05, 3.63) is 68.6 Å². The Morgan fingerprint density at radius 3 is 2.67 bits per heavy atom. The Hall–Kier alpha value is -3.26. The highest BCUT2D eigenvalue weighted by molar-refractivity contribution is 7.16. The predicted molar refractivity (Wildman–Crippen MR) is 119 cm³/mol. The summed E-state index contributed by atoms with van der Waals surface area (Å²) in [6.45, 7) is 5.89. The molecule has 2 N–H and O–H groups in total. The van der Waals surface area contributed by atoms with Crippen LogP contribution in [0.15, 0.2) is 41.3 Å². The Bertz CT molecular complexity index is 1270. The minimum atomic E-state index is -0.290. The lowest BCUT2D eigenvalue weighted by Gasteiger charge is -2.05. The van der Waals surface area contributed by atoms with Gasteiger partial charge in [0.1, 0.15) is 0 Å². The summed E-state index contributed by atoms with van der Waals surface area (Å²) in [5.74, 6) is -0.290. The fraction of sp³-hybridized carbons (Fsp3) is 0.273. The van der Waals surface area contributed by atoms with Gasteiger partial charge in [-0.1, -0.05) is 37.6 Å². The van der Waals surface area contributed by atoms with Gasteiger partial charge in [0.2, 0.25) is 5.91 Å². The fourth-order valence-corrected chi connectivity index (χ4v) is 4.32. The number of fused-ring (bicyclic) bond motifs is 1. The zero-order valence-electron chi connectivity index (χ0n) is 17.2. The van der Waals surface area contributed by atoms with E-state index >= 15 is 0 Å². The molecule has 8 heteroatoms. The molecule has 3 heterocycles. The number of aromatic amines is 1. The summed E-state index contributed by atoms with van der Waals surface area (Å²) in [7, 11) is 0. The number of anilines is 1. The molecule has 3 aromatic heterocycles. The van der Waals surface area contributed by atoms with Crippen molar-refractivity contribution in [2.24, 2.45) is 0 Å². The van der Waals surface area contributed by atoms with Gasteiger partial charge >= 0.3 is 0 Å². The van der Waals surface area contributed by atoms with Crippen molar-refractivity contribution in [3.8, 4) is 11.3 Å². The molecule has 7 nitrogen and oxygen atoms in total. The van der Waals surface area contributed by atoms with Gasteiger partial charge < -0.3 is 5.32 Å². The smallest absolute Gasteiger partial charge is 0.276 e. The lowest BCUT2D eigenvalue weighted by Crippen LogP contribution is -2.26. The predicted octanol–water partition coefficient (Wildman–Crippen LogP) is 3.90. The molecule has 0 saturated carbocycles. The Morgan fingerprint density at radius 1 is 1.17 bits per heavy atom. The van der Waals surface area contributed by atoms with E-state index in [0.29, 0.717) is 22.0 Å². The molecule has 30 heavy (non-hydrogen) atoms. The van der Waals surface area contributed by atoms with Crippen LogP contribution in [0.1, 0.15) is 35.0 Å². The van der Waals surface area contributed by atoms with E-state index in [1.807, 2.05) is 6.92 Å². The van der Waals surface area contributed by atoms with Crippen LogP contribution in [0.4, 0.5) is 5.13 Å². The molecule has 0 aliphatic heterocycles. The topological polar surface area (TPSA) is 92.2 Å². The van der Waals surface area contributed by atoms with E-state index in [2.05, 4.69) is 51.6 Å². The Labute approximate surface area is 177 Å². The van der Waals surface area contributed by atoms with E-state index in [9.17, 15) is 9.59 Å². The van der Waals surface area contributed by atoms with E-state index < -0.39 is 0 Å². The maximum absolute atomic E-state index is 12.6. The van der Waals surface area contributed by atoms with Crippen LogP contribution in [0.3, 0.4) is 0 Å². The number of nitrogens with one attached hydrogen (secondary N) is 2. The summed E-state index contributed by atoms with van der Waals surface area (Å²) < 4.78 is 1.34. The fourth-order valence-electron chi connectivity index (χ4n) is 3.47. The van der Waals surface area contributed by atoms with Crippen LogP contribution in [0.5, 0.6) is 0 Å². The first-order chi connectivity index (χ1) is 14.5. The Balaban J connectivity index is 1.52. The second kappa shape index (κ2) is 8.23. The Morgan fingerprint density at radius 2 is 1.93 bits per heavy atom. The van der Waals surface area contributed by atoms with Gasteiger partial charge in [0.15, 0.2) is 10.8 Å². The molecule has 4 rings (SSSR count). The molecular formula is C22H23N5O2S. The van der Waals surface area contributed by atoms with Gasteiger partial charge in [0.25, 0.3) is 5.56 Å². The largest absolute Gasteiger partial charge is 0.302 e. The van der Waals surface area contributed by atoms with Crippen LogP contribution in [0.25, 0.3) is 16.9 Å². The molecule has 1 amide bonds. The van der Waals surface area contributed by atoms with Crippen LogP contribution >= 0.6 is 11.3 Å². The van der Waals surface area contributed by atoms with Crippen molar-refractivity contribution in [2.75, 3.05) is 5.32 Å². The molecule has 0 radical (unpaired) electrons. The number of carbonyl (C=O) groups excluding carboxylic acids is 1. The SMILES string of the molecule is CCCc1ccc(-c2nc(NC(=O)Cc3c(C)nc4cc[nH]n4c3=O)sc2C)cc1. The average molecular weight is 422 g/mol. The third kappa shape index (κ3) is 3.91. The van der Waals surface area contributed by atoms with Gasteiger partial charge in [-0.25, -0.2) is 14.5 Å². The zero-order chi connectivity index (χ0) is 21.3. The number of hydrogen-bond acceptors (Lipinski definition) is 5. The zero-order valence-corrected chi connectivity index (χ0v) is 18.0. The van der Waals surface area contributed by atoms with Gasteiger partial charge in [-0.3, -0.25) is 14.7 Å². The van der Waals surface area contributed by atoms with Crippen molar-refractivity contribution >= 4 is 28.0 Å². The van der Waals surface area contributed by atoms with Gasteiger partial charge in [-0.2, -0.15) is 0 Å². The standard InChI is InChI=1S/C22H23N5O2S/c1-4-5-15-6-8-16(9-7-15)20-14(3)30-22(26-20)25-19(28)12-17-13(2)24-18-10-11-23-27(18)21(17)29/h6-11,23H,4-5,12H2,1-3H3,(H,25,26,28). The number of thiazole rings is 1. The maximum Gasteiger partial charge on any atom is 0.276 e. The monoisotopic (exact) mass is 421 g/mol. The molecular weight excluding hydrogens is 398 g/mol. The van der Waals surface area contributed by atoms with E-state index in [0.717, 1.165) is 29.0 Å². The van der Waals surface area contributed by atoms with Gasteiger partial charge in [0, 0.05) is 34.0 Å². The molecule has 0 spiro atoms. The first-order valence-corrected chi connectivity index (χ1v) is 10.7. The summed E-state index contributed by atoms with van der Waals surface area (Å²) in [6.07, 6.45) is 3.75. The molecule has 0 atom stereocenters. The van der Waals surface area contributed by atoms with Crippen molar-refractivity contribution in [3.63, 3.8) is 0 Å². The quantitative estimate of drug-likeness (QED) is 0.494. The minimum absolute atomic E-state index is 0.0562. The van der Waals surface area contributed by atoms with Gasteiger partial charge in [0.05, 0.1) is 12.1 Å². The average Bonchev–Trinajstić information content (AvgIpc) is 3.32. The number of H-pyrrole nitrogens is 1. The number of aryl methyl sites for hydroxylation is 3. The highest BCUT2D eigenvalue weighted by Crippen LogP contribution is 2.30. The summed E-state index contributed by atoms with van der Waals surface area (Å²) in [5, 5.41) is 6.18. The van der Waals surface area contributed by atoms with E-state index in [4.69, 9.17) is 0 Å². The van der Waals surface area contributed by atoms with Crippen molar-refractivity contribution in [1.82, 2.24) is 19.6 Å². The Kier molecular flexibility index (Phi) is 5.50. The lowest BCUT2D eigenvalue weighted by molar-refractivity contribution is -0.115. The van der Waals surface area contributed by atoms with Crippen molar-refractivity contribution in [1.29, 1.82) is 0 Å². The molecule has 0 bridgehead atoms.